The number of aromatic nitrogens is 2. The first-order chi connectivity index (χ1) is 16.0. The summed E-state index contributed by atoms with van der Waals surface area (Å²) in [6.45, 7) is 7.39. The second kappa shape index (κ2) is 10.2. The van der Waals surface area contributed by atoms with Crippen molar-refractivity contribution in [1.29, 1.82) is 0 Å². The van der Waals surface area contributed by atoms with Crippen LogP contribution in [0.5, 0.6) is 0 Å². The summed E-state index contributed by atoms with van der Waals surface area (Å²) in [5.41, 5.74) is 1.64. The van der Waals surface area contributed by atoms with Gasteiger partial charge in [-0.05, 0) is 25.5 Å². The molecule has 2 atom stereocenters. The van der Waals surface area contributed by atoms with E-state index in [0.29, 0.717) is 45.6 Å². The fraction of sp³-hybridized carbons (Fsp3) is 0.542. The van der Waals surface area contributed by atoms with Crippen LogP contribution in [0.2, 0.25) is 0 Å². The van der Waals surface area contributed by atoms with E-state index in [9.17, 15) is 19.5 Å². The van der Waals surface area contributed by atoms with Gasteiger partial charge >= 0.3 is 5.97 Å². The number of carboxylic acid groups (broad SMARTS) is 2. The number of aliphatic carboxylic acids is 2. The summed E-state index contributed by atoms with van der Waals surface area (Å²) in [4.78, 5) is 53.3. The third-order valence-corrected chi connectivity index (χ3v) is 6.79. The Hall–Kier alpha value is -3.43. The molecule has 2 aromatic rings. The molecular formula is C24H32N4O6. The summed E-state index contributed by atoms with van der Waals surface area (Å²) in [5.74, 6) is -0.556. The number of benzene rings is 1. The zero-order chi connectivity index (χ0) is 25.0. The molecule has 2 aliphatic rings. The molecule has 4 rings (SSSR count). The average molecular weight is 473 g/mol. The fourth-order valence-corrected chi connectivity index (χ4v) is 5.17. The van der Waals surface area contributed by atoms with Crippen molar-refractivity contribution in [2.75, 3.05) is 26.2 Å². The largest absolute Gasteiger partial charge is 0.481 e. The number of carboxylic acids is 2. The molecule has 0 radical (unpaired) electrons. The molecule has 2 amide bonds. The van der Waals surface area contributed by atoms with Crippen molar-refractivity contribution in [3.63, 3.8) is 0 Å². The molecule has 3 heterocycles. The topological polar surface area (TPSA) is 133 Å². The molecule has 0 spiro atoms. The van der Waals surface area contributed by atoms with Crippen molar-refractivity contribution < 1.29 is 29.4 Å². The quantitative estimate of drug-likeness (QED) is 0.657. The van der Waals surface area contributed by atoms with E-state index in [1.165, 1.54) is 0 Å². The number of hydrogen-bond donors (Lipinski definition) is 2. The average Bonchev–Trinajstić information content (AvgIpc) is 3.38. The second-order valence-electron chi connectivity index (χ2n) is 9.20. The Morgan fingerprint density at radius 1 is 1.03 bits per heavy atom. The van der Waals surface area contributed by atoms with E-state index in [-0.39, 0.29) is 29.6 Å². The highest BCUT2D eigenvalue weighted by Crippen LogP contribution is 2.46. The minimum absolute atomic E-state index is 0.0134. The molecular weight excluding hydrogens is 440 g/mol. The van der Waals surface area contributed by atoms with Crippen LogP contribution in [0.25, 0.3) is 11.0 Å². The number of para-hydroxylation sites is 2. The maximum atomic E-state index is 13.0. The van der Waals surface area contributed by atoms with Crippen LogP contribution >= 0.6 is 0 Å². The number of fused-ring (bicyclic) bond motifs is 2. The lowest BCUT2D eigenvalue weighted by atomic mass is 9.77. The van der Waals surface area contributed by atoms with Gasteiger partial charge in [-0.25, -0.2) is 4.98 Å². The van der Waals surface area contributed by atoms with E-state index >= 15 is 0 Å². The molecule has 10 heteroatoms. The molecule has 0 unspecified atom stereocenters. The molecule has 0 bridgehead atoms. The van der Waals surface area contributed by atoms with Gasteiger partial charge in [0.1, 0.15) is 5.82 Å². The molecule has 34 heavy (non-hydrogen) atoms. The van der Waals surface area contributed by atoms with Crippen molar-refractivity contribution in [2.24, 2.45) is 11.3 Å². The van der Waals surface area contributed by atoms with Crippen LogP contribution < -0.4 is 0 Å². The van der Waals surface area contributed by atoms with Crippen LogP contribution in [0.4, 0.5) is 0 Å². The van der Waals surface area contributed by atoms with Gasteiger partial charge in [0.2, 0.25) is 11.8 Å². The van der Waals surface area contributed by atoms with Crippen LogP contribution in [0.15, 0.2) is 24.3 Å². The summed E-state index contributed by atoms with van der Waals surface area (Å²) in [5, 5.41) is 16.6. The Labute approximate surface area is 198 Å². The number of aryl methyl sites for hydroxylation is 2. The van der Waals surface area contributed by atoms with E-state index in [1.807, 2.05) is 36.1 Å². The minimum atomic E-state index is -0.836. The van der Waals surface area contributed by atoms with Crippen LogP contribution in [0, 0.1) is 18.3 Å². The zero-order valence-electron chi connectivity index (χ0n) is 19.9. The van der Waals surface area contributed by atoms with E-state index in [1.54, 1.807) is 11.8 Å². The van der Waals surface area contributed by atoms with Gasteiger partial charge in [-0.3, -0.25) is 19.2 Å². The van der Waals surface area contributed by atoms with Gasteiger partial charge in [0.15, 0.2) is 0 Å². The van der Waals surface area contributed by atoms with Crippen LogP contribution in [0.3, 0.4) is 0 Å². The SMILES string of the molecule is CC(=O)N1C[C@@H]2CN(C(=O)CCn3c(C)nc4ccccc43)C[C@]2(CCC(=O)O)C1.CC(=O)O. The smallest absolute Gasteiger partial charge is 0.303 e. The van der Waals surface area contributed by atoms with Gasteiger partial charge in [0.05, 0.1) is 11.0 Å². The lowest BCUT2D eigenvalue weighted by Gasteiger charge is -2.28. The van der Waals surface area contributed by atoms with Crippen molar-refractivity contribution in [2.45, 2.75) is 46.6 Å². The fourth-order valence-electron chi connectivity index (χ4n) is 5.17. The third kappa shape index (κ3) is 5.55. The van der Waals surface area contributed by atoms with Gasteiger partial charge in [0.25, 0.3) is 5.97 Å². The Bertz CT molecular complexity index is 1090. The zero-order valence-corrected chi connectivity index (χ0v) is 19.9. The highest BCUT2D eigenvalue weighted by molar-refractivity contribution is 5.79. The third-order valence-electron chi connectivity index (χ3n) is 6.79. The van der Waals surface area contributed by atoms with Crippen molar-refractivity contribution in [1.82, 2.24) is 19.4 Å². The molecule has 1 aromatic carbocycles. The van der Waals surface area contributed by atoms with Crippen LogP contribution in [0.1, 0.15) is 38.9 Å². The molecule has 2 aliphatic heterocycles. The number of rotatable bonds is 6. The number of amides is 2. The number of hydrogen-bond acceptors (Lipinski definition) is 5. The van der Waals surface area contributed by atoms with Crippen molar-refractivity contribution in [3.8, 4) is 0 Å². The first-order valence-electron chi connectivity index (χ1n) is 11.4. The number of likely N-dealkylation sites (tertiary alicyclic amines) is 2. The van der Waals surface area contributed by atoms with Crippen LogP contribution in [-0.2, 0) is 25.7 Å². The first-order valence-corrected chi connectivity index (χ1v) is 11.4. The van der Waals surface area contributed by atoms with Crippen molar-refractivity contribution >= 4 is 34.8 Å². The lowest BCUT2D eigenvalue weighted by molar-refractivity contribution is -0.138. The standard InChI is InChI=1S/C22H28N4O4.C2H4O2/c1-15-23-18-5-3-4-6-19(18)26(15)10-8-20(28)25-12-17-11-24(16(2)27)13-22(17,14-25)9-7-21(29)30;1-2(3)4/h3-6,17H,7-14H2,1-2H3,(H,29,30);1H3,(H,3,4)/t17-,22+;/m1./s1. The Balaban J connectivity index is 0.000000751. The van der Waals surface area contributed by atoms with Gasteiger partial charge in [0, 0.05) is 70.7 Å². The molecule has 10 nitrogen and oxygen atoms in total. The highest BCUT2D eigenvalue weighted by atomic mass is 16.4. The molecule has 0 saturated carbocycles. The Morgan fingerprint density at radius 2 is 1.65 bits per heavy atom. The number of carbonyl (C=O) groups excluding carboxylic acids is 2. The monoisotopic (exact) mass is 472 g/mol. The summed E-state index contributed by atoms with van der Waals surface area (Å²) >= 11 is 0. The lowest BCUT2D eigenvalue weighted by Crippen LogP contribution is -2.38. The van der Waals surface area contributed by atoms with Gasteiger partial charge in [-0.1, -0.05) is 12.1 Å². The summed E-state index contributed by atoms with van der Waals surface area (Å²) in [6.07, 6.45) is 0.926. The summed E-state index contributed by atoms with van der Waals surface area (Å²) in [6, 6.07) is 7.90. The Morgan fingerprint density at radius 3 is 2.29 bits per heavy atom. The van der Waals surface area contributed by atoms with E-state index < -0.39 is 11.9 Å². The molecule has 1 aromatic heterocycles. The normalized spacial score (nSPS) is 21.2. The number of carbonyl (C=O) groups is 4. The van der Waals surface area contributed by atoms with E-state index in [2.05, 4.69) is 9.55 Å². The molecule has 2 saturated heterocycles. The number of nitrogens with zero attached hydrogens (tertiary/aromatic N) is 4. The van der Waals surface area contributed by atoms with Gasteiger partial charge in [-0.2, -0.15) is 0 Å². The predicted octanol–water partition coefficient (Wildman–Crippen LogP) is 2.00. The maximum Gasteiger partial charge on any atom is 0.303 e. The van der Waals surface area contributed by atoms with Gasteiger partial charge < -0.3 is 24.6 Å². The summed E-state index contributed by atoms with van der Waals surface area (Å²) < 4.78 is 2.07. The second-order valence-corrected chi connectivity index (χ2v) is 9.20. The van der Waals surface area contributed by atoms with E-state index in [4.69, 9.17) is 9.90 Å². The Kier molecular flexibility index (Phi) is 7.58. The molecule has 2 fully saturated rings. The minimum Gasteiger partial charge on any atom is -0.481 e. The summed E-state index contributed by atoms with van der Waals surface area (Å²) in [7, 11) is 0. The number of imidazole rings is 1. The highest BCUT2D eigenvalue weighted by Gasteiger charge is 2.53. The van der Waals surface area contributed by atoms with Gasteiger partial charge in [-0.15, -0.1) is 0 Å². The molecule has 2 N–H and O–H groups in total. The molecule has 0 aliphatic carbocycles. The molecule has 184 valence electrons. The van der Waals surface area contributed by atoms with E-state index in [0.717, 1.165) is 23.8 Å². The predicted molar refractivity (Wildman–Crippen MR) is 124 cm³/mol. The van der Waals surface area contributed by atoms with Crippen molar-refractivity contribution in [3.05, 3.63) is 30.1 Å². The van der Waals surface area contributed by atoms with Crippen LogP contribution in [-0.4, -0.2) is 79.5 Å². The maximum absolute atomic E-state index is 13.0. The first kappa shape index (κ1) is 25.2.